The van der Waals surface area contributed by atoms with Crippen molar-refractivity contribution in [2.24, 2.45) is 0 Å². The molecule has 102 valence electrons. The Morgan fingerprint density at radius 1 is 1.15 bits per heavy atom. The summed E-state index contributed by atoms with van der Waals surface area (Å²) in [5.74, 6) is 0.450. The molecule has 1 aromatic carbocycles. The summed E-state index contributed by atoms with van der Waals surface area (Å²) < 4.78 is 0.964. The van der Waals surface area contributed by atoms with Crippen LogP contribution in [0, 0.1) is 0 Å². The Bertz CT molecular complexity index is 608. The zero-order chi connectivity index (χ0) is 13.9. The topological polar surface area (TPSA) is 66.9 Å². The molecule has 0 atom stereocenters. The van der Waals surface area contributed by atoms with Crippen molar-refractivity contribution in [3.63, 3.8) is 0 Å². The maximum Gasteiger partial charge on any atom is 0.275 e. The van der Waals surface area contributed by atoms with E-state index in [-0.39, 0.29) is 5.91 Å². The highest BCUT2D eigenvalue weighted by Crippen LogP contribution is 2.23. The quantitative estimate of drug-likeness (QED) is 0.902. The molecule has 1 saturated carbocycles. The highest BCUT2D eigenvalue weighted by atomic mass is 79.9. The average Bonchev–Trinajstić information content (AvgIpc) is 3.26. The number of benzene rings is 1. The predicted molar refractivity (Wildman–Crippen MR) is 80.8 cm³/mol. The molecule has 1 aliphatic rings. The molecule has 0 bridgehead atoms. The van der Waals surface area contributed by atoms with Gasteiger partial charge in [-0.3, -0.25) is 4.79 Å². The average molecular weight is 333 g/mol. The van der Waals surface area contributed by atoms with Gasteiger partial charge in [-0.05, 0) is 37.1 Å². The number of carbonyl (C=O) groups excluding carboxylic acids is 1. The standard InChI is InChI=1S/C14H13BrN4O/c15-9-1-3-11(4-2-9)19-14(20)12-7-17-13(8-16-12)18-10-5-6-10/h1-4,7-8,10H,5-6H2,(H,17,18)(H,19,20). The Morgan fingerprint density at radius 3 is 2.50 bits per heavy atom. The Hall–Kier alpha value is -1.95. The van der Waals surface area contributed by atoms with Gasteiger partial charge in [0.05, 0.1) is 12.4 Å². The van der Waals surface area contributed by atoms with Gasteiger partial charge in [0.15, 0.2) is 0 Å². The number of rotatable bonds is 4. The van der Waals surface area contributed by atoms with Crippen molar-refractivity contribution in [1.82, 2.24) is 9.97 Å². The van der Waals surface area contributed by atoms with Crippen molar-refractivity contribution in [3.05, 3.63) is 46.8 Å². The Morgan fingerprint density at radius 2 is 1.90 bits per heavy atom. The second kappa shape index (κ2) is 5.58. The highest BCUT2D eigenvalue weighted by molar-refractivity contribution is 9.10. The van der Waals surface area contributed by atoms with Gasteiger partial charge in [-0.1, -0.05) is 15.9 Å². The summed E-state index contributed by atoms with van der Waals surface area (Å²) in [7, 11) is 0. The fraction of sp³-hybridized carbons (Fsp3) is 0.214. The van der Waals surface area contributed by atoms with E-state index < -0.39 is 0 Å². The molecule has 0 radical (unpaired) electrons. The first-order valence-electron chi connectivity index (χ1n) is 6.36. The maximum atomic E-state index is 12.0. The molecule has 1 amide bonds. The van der Waals surface area contributed by atoms with Gasteiger partial charge in [-0.25, -0.2) is 9.97 Å². The lowest BCUT2D eigenvalue weighted by Gasteiger charge is -2.06. The zero-order valence-electron chi connectivity index (χ0n) is 10.6. The van der Waals surface area contributed by atoms with E-state index in [1.165, 1.54) is 19.0 Å². The molecule has 20 heavy (non-hydrogen) atoms. The molecule has 0 spiro atoms. The number of aromatic nitrogens is 2. The lowest BCUT2D eigenvalue weighted by molar-refractivity contribution is 0.102. The third kappa shape index (κ3) is 3.33. The molecular weight excluding hydrogens is 320 g/mol. The maximum absolute atomic E-state index is 12.0. The third-order valence-corrected chi connectivity index (χ3v) is 3.44. The normalized spacial score (nSPS) is 13.8. The molecule has 1 fully saturated rings. The van der Waals surface area contributed by atoms with Crippen LogP contribution in [-0.4, -0.2) is 21.9 Å². The van der Waals surface area contributed by atoms with Crippen LogP contribution in [0.15, 0.2) is 41.1 Å². The summed E-state index contributed by atoms with van der Waals surface area (Å²) in [6.07, 6.45) is 5.43. The van der Waals surface area contributed by atoms with E-state index in [0.29, 0.717) is 17.6 Å². The molecule has 1 aliphatic carbocycles. The fourth-order valence-corrected chi connectivity index (χ4v) is 1.95. The number of nitrogens with one attached hydrogen (secondary N) is 2. The second-order valence-electron chi connectivity index (χ2n) is 4.67. The predicted octanol–water partition coefficient (Wildman–Crippen LogP) is 3.07. The minimum atomic E-state index is -0.266. The lowest BCUT2D eigenvalue weighted by atomic mass is 10.3. The van der Waals surface area contributed by atoms with Gasteiger partial charge < -0.3 is 10.6 Å². The monoisotopic (exact) mass is 332 g/mol. The molecule has 1 aromatic heterocycles. The van der Waals surface area contributed by atoms with Gasteiger partial charge in [0, 0.05) is 16.2 Å². The number of amides is 1. The first-order chi connectivity index (χ1) is 9.70. The summed E-state index contributed by atoms with van der Waals surface area (Å²) >= 11 is 3.35. The molecule has 1 heterocycles. The molecular formula is C14H13BrN4O. The van der Waals surface area contributed by atoms with Crippen molar-refractivity contribution in [3.8, 4) is 0 Å². The van der Waals surface area contributed by atoms with Crippen LogP contribution in [0.1, 0.15) is 23.3 Å². The zero-order valence-corrected chi connectivity index (χ0v) is 12.2. The lowest BCUT2D eigenvalue weighted by Crippen LogP contribution is -2.14. The molecule has 3 rings (SSSR count). The first-order valence-corrected chi connectivity index (χ1v) is 7.15. The van der Waals surface area contributed by atoms with Crippen molar-refractivity contribution < 1.29 is 4.79 Å². The molecule has 0 aliphatic heterocycles. The van der Waals surface area contributed by atoms with Crippen LogP contribution in [0.5, 0.6) is 0 Å². The summed E-state index contributed by atoms with van der Waals surface area (Å²) in [6.45, 7) is 0. The molecule has 5 nitrogen and oxygen atoms in total. The van der Waals surface area contributed by atoms with E-state index in [9.17, 15) is 4.79 Å². The number of hydrogen-bond donors (Lipinski definition) is 2. The second-order valence-corrected chi connectivity index (χ2v) is 5.58. The number of nitrogens with zero attached hydrogens (tertiary/aromatic N) is 2. The van der Waals surface area contributed by atoms with Crippen LogP contribution in [0.4, 0.5) is 11.5 Å². The SMILES string of the molecule is O=C(Nc1ccc(Br)cc1)c1cnc(NC2CC2)cn1. The van der Waals surface area contributed by atoms with Crippen molar-refractivity contribution in [1.29, 1.82) is 0 Å². The Labute approximate surface area is 125 Å². The van der Waals surface area contributed by atoms with Gasteiger partial charge in [-0.2, -0.15) is 0 Å². The summed E-state index contributed by atoms with van der Waals surface area (Å²) in [6, 6.07) is 7.89. The van der Waals surface area contributed by atoms with Crippen LogP contribution in [0.25, 0.3) is 0 Å². The van der Waals surface area contributed by atoms with E-state index >= 15 is 0 Å². The van der Waals surface area contributed by atoms with Gasteiger partial charge in [-0.15, -0.1) is 0 Å². The van der Waals surface area contributed by atoms with Gasteiger partial charge in [0.2, 0.25) is 0 Å². The van der Waals surface area contributed by atoms with E-state index in [1.807, 2.05) is 24.3 Å². The molecule has 0 unspecified atom stereocenters. The van der Waals surface area contributed by atoms with Gasteiger partial charge >= 0.3 is 0 Å². The van der Waals surface area contributed by atoms with Crippen molar-refractivity contribution >= 4 is 33.3 Å². The summed E-state index contributed by atoms with van der Waals surface area (Å²) in [5, 5.41) is 6.00. The summed E-state index contributed by atoms with van der Waals surface area (Å²) in [4.78, 5) is 20.3. The van der Waals surface area contributed by atoms with Crippen LogP contribution < -0.4 is 10.6 Å². The minimum absolute atomic E-state index is 0.266. The third-order valence-electron chi connectivity index (χ3n) is 2.92. The first kappa shape index (κ1) is 13.1. The minimum Gasteiger partial charge on any atom is -0.366 e. The number of halogens is 1. The van der Waals surface area contributed by atoms with E-state index in [4.69, 9.17) is 0 Å². The van der Waals surface area contributed by atoms with Gasteiger partial charge in [0.25, 0.3) is 5.91 Å². The molecule has 0 saturated heterocycles. The van der Waals surface area contributed by atoms with E-state index in [0.717, 1.165) is 10.2 Å². The van der Waals surface area contributed by atoms with E-state index in [2.05, 4.69) is 36.5 Å². The largest absolute Gasteiger partial charge is 0.366 e. The number of carbonyl (C=O) groups is 1. The van der Waals surface area contributed by atoms with Crippen molar-refractivity contribution in [2.45, 2.75) is 18.9 Å². The van der Waals surface area contributed by atoms with Crippen LogP contribution >= 0.6 is 15.9 Å². The Kier molecular flexibility index (Phi) is 3.64. The molecule has 2 aromatic rings. The van der Waals surface area contributed by atoms with Crippen molar-refractivity contribution in [2.75, 3.05) is 10.6 Å². The summed E-state index contributed by atoms with van der Waals surface area (Å²) in [5.41, 5.74) is 1.02. The smallest absolute Gasteiger partial charge is 0.275 e. The van der Waals surface area contributed by atoms with Crippen LogP contribution in [0.3, 0.4) is 0 Å². The Balaban J connectivity index is 1.65. The number of anilines is 2. The van der Waals surface area contributed by atoms with Gasteiger partial charge in [0.1, 0.15) is 11.5 Å². The van der Waals surface area contributed by atoms with Crippen LogP contribution in [-0.2, 0) is 0 Å². The highest BCUT2D eigenvalue weighted by Gasteiger charge is 2.21. The van der Waals surface area contributed by atoms with Crippen LogP contribution in [0.2, 0.25) is 0 Å². The molecule has 2 N–H and O–H groups in total. The molecule has 6 heteroatoms. The fourth-order valence-electron chi connectivity index (χ4n) is 1.68. The van der Waals surface area contributed by atoms with E-state index in [1.54, 1.807) is 6.20 Å². The number of hydrogen-bond acceptors (Lipinski definition) is 4.